The molecule has 0 saturated carbocycles. The van der Waals surface area contributed by atoms with Crippen LogP contribution in [0.15, 0.2) is 0 Å². The predicted molar refractivity (Wildman–Crippen MR) is 56.5 cm³/mol. The van der Waals surface area contributed by atoms with Crippen LogP contribution in [0.3, 0.4) is 0 Å². The molecule has 0 aromatic heterocycles. The van der Waals surface area contributed by atoms with Crippen LogP contribution in [0.1, 0.15) is 26.7 Å². The third kappa shape index (κ3) is 3.00. The molecule has 0 spiro atoms. The van der Waals surface area contributed by atoms with Crippen molar-refractivity contribution >= 4 is 11.8 Å². The van der Waals surface area contributed by atoms with Crippen LogP contribution in [-0.4, -0.2) is 29.9 Å². The molecule has 1 saturated heterocycles. The van der Waals surface area contributed by atoms with Gasteiger partial charge in [0.2, 0.25) is 11.8 Å². The Labute approximate surface area is 90.0 Å². The smallest absolute Gasteiger partial charge is 0.246 e. The highest BCUT2D eigenvalue weighted by molar-refractivity contribution is 5.96. The van der Waals surface area contributed by atoms with E-state index < -0.39 is 0 Å². The van der Waals surface area contributed by atoms with Crippen LogP contribution < -0.4 is 11.2 Å². The zero-order chi connectivity index (χ0) is 11.4. The maximum absolute atomic E-state index is 11.8. The number of hydrogen-bond acceptors (Lipinski definition) is 4. The summed E-state index contributed by atoms with van der Waals surface area (Å²) in [6.07, 6.45) is 1.52. The van der Waals surface area contributed by atoms with Gasteiger partial charge in [-0.2, -0.15) is 0 Å². The summed E-state index contributed by atoms with van der Waals surface area (Å²) in [5, 5.41) is 3.96. The van der Waals surface area contributed by atoms with Crippen molar-refractivity contribution in [1.82, 2.24) is 10.3 Å². The van der Waals surface area contributed by atoms with Crippen molar-refractivity contribution in [2.75, 3.05) is 13.1 Å². The van der Waals surface area contributed by atoms with Gasteiger partial charge in [-0.05, 0) is 25.9 Å². The van der Waals surface area contributed by atoms with Gasteiger partial charge < -0.3 is 5.32 Å². The quantitative estimate of drug-likeness (QED) is 0.380. The van der Waals surface area contributed by atoms with Gasteiger partial charge in [0, 0.05) is 11.8 Å². The lowest BCUT2D eigenvalue weighted by molar-refractivity contribution is -0.150. The number of piperidine rings is 1. The maximum Gasteiger partial charge on any atom is 0.246 e. The van der Waals surface area contributed by atoms with Crippen LogP contribution >= 0.6 is 0 Å². The van der Waals surface area contributed by atoms with Crippen LogP contribution in [0.2, 0.25) is 0 Å². The lowest BCUT2D eigenvalue weighted by Crippen LogP contribution is -2.49. The molecule has 15 heavy (non-hydrogen) atoms. The number of hydrazine groups is 1. The molecule has 0 atom stereocenters. The summed E-state index contributed by atoms with van der Waals surface area (Å²) in [7, 11) is 0. The fourth-order valence-corrected chi connectivity index (χ4v) is 1.65. The number of nitrogens with one attached hydrogen (secondary N) is 1. The third-order valence-electron chi connectivity index (χ3n) is 2.66. The van der Waals surface area contributed by atoms with Crippen molar-refractivity contribution in [2.45, 2.75) is 26.7 Å². The van der Waals surface area contributed by atoms with E-state index in [1.807, 2.05) is 0 Å². The number of hydrogen-bond donors (Lipinski definition) is 2. The maximum atomic E-state index is 11.8. The van der Waals surface area contributed by atoms with E-state index in [0.29, 0.717) is 0 Å². The third-order valence-corrected chi connectivity index (χ3v) is 2.66. The van der Waals surface area contributed by atoms with Crippen molar-refractivity contribution in [1.29, 1.82) is 0 Å². The van der Waals surface area contributed by atoms with E-state index >= 15 is 0 Å². The standard InChI is InChI=1S/C10H19N3O2/c1-7(2)9(14)13(11)10(15)8-3-5-12-6-4-8/h7-8,12H,3-6,11H2,1-2H3. The summed E-state index contributed by atoms with van der Waals surface area (Å²) < 4.78 is 0. The first kappa shape index (κ1) is 12.1. The van der Waals surface area contributed by atoms with Crippen LogP contribution in [0.5, 0.6) is 0 Å². The fourth-order valence-electron chi connectivity index (χ4n) is 1.65. The topological polar surface area (TPSA) is 75.4 Å². The Kier molecular flexibility index (Phi) is 4.23. The van der Waals surface area contributed by atoms with Gasteiger partial charge in [0.05, 0.1) is 0 Å². The van der Waals surface area contributed by atoms with Crippen molar-refractivity contribution in [2.24, 2.45) is 17.7 Å². The molecule has 5 nitrogen and oxygen atoms in total. The number of carbonyl (C=O) groups excluding carboxylic acids is 2. The number of nitrogens with zero attached hydrogens (tertiary/aromatic N) is 1. The Hall–Kier alpha value is -0.940. The average molecular weight is 213 g/mol. The number of rotatable bonds is 2. The SMILES string of the molecule is CC(C)C(=O)N(N)C(=O)C1CCNCC1. The molecule has 1 rings (SSSR count). The number of carbonyl (C=O) groups is 2. The minimum atomic E-state index is -0.307. The zero-order valence-corrected chi connectivity index (χ0v) is 9.32. The lowest BCUT2D eigenvalue weighted by atomic mass is 9.97. The van der Waals surface area contributed by atoms with E-state index in [0.717, 1.165) is 30.9 Å². The van der Waals surface area contributed by atoms with E-state index in [-0.39, 0.29) is 23.7 Å². The lowest BCUT2D eigenvalue weighted by Gasteiger charge is -2.26. The summed E-state index contributed by atoms with van der Waals surface area (Å²) >= 11 is 0. The molecule has 1 heterocycles. The van der Waals surface area contributed by atoms with E-state index in [2.05, 4.69) is 5.32 Å². The summed E-state index contributed by atoms with van der Waals surface area (Å²) in [6.45, 7) is 5.11. The minimum absolute atomic E-state index is 0.0982. The second kappa shape index (κ2) is 5.23. The molecule has 86 valence electrons. The molecule has 1 aliphatic heterocycles. The fraction of sp³-hybridized carbons (Fsp3) is 0.800. The first-order chi connectivity index (χ1) is 7.04. The Morgan fingerprint density at radius 3 is 2.33 bits per heavy atom. The van der Waals surface area contributed by atoms with E-state index in [9.17, 15) is 9.59 Å². The number of imide groups is 1. The molecule has 5 heteroatoms. The summed E-state index contributed by atoms with van der Waals surface area (Å²) in [4.78, 5) is 23.3. The Morgan fingerprint density at radius 2 is 1.87 bits per heavy atom. The van der Waals surface area contributed by atoms with Gasteiger partial charge in [-0.3, -0.25) is 9.59 Å². The first-order valence-electron chi connectivity index (χ1n) is 5.37. The van der Waals surface area contributed by atoms with Crippen LogP contribution in [0.25, 0.3) is 0 Å². The van der Waals surface area contributed by atoms with Gasteiger partial charge in [0.25, 0.3) is 0 Å². The molecule has 1 aliphatic rings. The normalized spacial score (nSPS) is 17.9. The molecule has 0 unspecified atom stereocenters. The van der Waals surface area contributed by atoms with Crippen LogP contribution in [0, 0.1) is 11.8 Å². The Morgan fingerprint density at radius 1 is 1.33 bits per heavy atom. The highest BCUT2D eigenvalue weighted by Gasteiger charge is 2.28. The van der Waals surface area contributed by atoms with Crippen molar-refractivity contribution < 1.29 is 9.59 Å². The molecule has 3 N–H and O–H groups in total. The first-order valence-corrected chi connectivity index (χ1v) is 5.37. The largest absolute Gasteiger partial charge is 0.317 e. The Bertz CT molecular complexity index is 247. The van der Waals surface area contributed by atoms with Gasteiger partial charge >= 0.3 is 0 Å². The highest BCUT2D eigenvalue weighted by atomic mass is 16.2. The molecule has 2 amide bonds. The predicted octanol–water partition coefficient (Wildman–Crippen LogP) is -0.129. The molecule has 0 aliphatic carbocycles. The summed E-state index contributed by atoms with van der Waals surface area (Å²) in [5.41, 5.74) is 0. The van der Waals surface area contributed by atoms with E-state index in [1.54, 1.807) is 13.8 Å². The molecule has 0 aromatic carbocycles. The molecule has 0 aromatic rings. The second-order valence-electron chi connectivity index (χ2n) is 4.23. The highest BCUT2D eigenvalue weighted by Crippen LogP contribution is 2.14. The number of amides is 2. The monoisotopic (exact) mass is 213 g/mol. The number of nitrogens with two attached hydrogens (primary N) is 1. The van der Waals surface area contributed by atoms with Crippen molar-refractivity contribution in [3.05, 3.63) is 0 Å². The molecular formula is C10H19N3O2. The molecule has 0 radical (unpaired) electrons. The van der Waals surface area contributed by atoms with Gasteiger partial charge in [0.1, 0.15) is 0 Å². The molecule has 1 fully saturated rings. The van der Waals surface area contributed by atoms with Crippen LogP contribution in [0.4, 0.5) is 0 Å². The van der Waals surface area contributed by atoms with E-state index in [1.165, 1.54) is 0 Å². The van der Waals surface area contributed by atoms with Crippen molar-refractivity contribution in [3.63, 3.8) is 0 Å². The second-order valence-corrected chi connectivity index (χ2v) is 4.23. The van der Waals surface area contributed by atoms with Gasteiger partial charge in [0.15, 0.2) is 0 Å². The average Bonchev–Trinajstić information content (AvgIpc) is 2.27. The van der Waals surface area contributed by atoms with Gasteiger partial charge in [-0.1, -0.05) is 13.8 Å². The van der Waals surface area contributed by atoms with Crippen molar-refractivity contribution in [3.8, 4) is 0 Å². The Balaban J connectivity index is 2.54. The minimum Gasteiger partial charge on any atom is -0.317 e. The summed E-state index contributed by atoms with van der Waals surface area (Å²) in [6, 6.07) is 0. The zero-order valence-electron chi connectivity index (χ0n) is 9.32. The summed E-state index contributed by atoms with van der Waals surface area (Å²) in [5.74, 6) is 4.63. The molecular weight excluding hydrogens is 194 g/mol. The molecule has 0 bridgehead atoms. The van der Waals surface area contributed by atoms with Gasteiger partial charge in [-0.25, -0.2) is 10.9 Å². The van der Waals surface area contributed by atoms with Gasteiger partial charge in [-0.15, -0.1) is 0 Å². The van der Waals surface area contributed by atoms with E-state index in [4.69, 9.17) is 5.84 Å². The van der Waals surface area contributed by atoms with Crippen LogP contribution in [-0.2, 0) is 9.59 Å².